The van der Waals surface area contributed by atoms with E-state index in [0.29, 0.717) is 17.9 Å². The average molecular weight is 413 g/mol. The molecule has 1 aromatic rings. The minimum absolute atomic E-state index is 0.0262. The predicted octanol–water partition coefficient (Wildman–Crippen LogP) is 1.75. The Balaban J connectivity index is 1.70. The second-order valence-corrected chi connectivity index (χ2v) is 8.00. The number of thioether (sulfide) groups is 1. The number of hydrogen-bond donors (Lipinski definition) is 3. The SMILES string of the molecule is O=C(O)CCCCSCC1C(=O)CC(O)C1OCC(O)COc1ccccc1. The molecular weight excluding hydrogens is 384 g/mol. The summed E-state index contributed by atoms with van der Waals surface area (Å²) in [6.07, 6.45) is -0.786. The first kappa shape index (κ1) is 22.7. The molecule has 28 heavy (non-hydrogen) atoms. The molecule has 8 heteroatoms. The summed E-state index contributed by atoms with van der Waals surface area (Å²) < 4.78 is 11.1. The van der Waals surface area contributed by atoms with Crippen LogP contribution in [0.25, 0.3) is 0 Å². The van der Waals surface area contributed by atoms with Gasteiger partial charge in [0, 0.05) is 18.6 Å². The highest BCUT2D eigenvalue weighted by molar-refractivity contribution is 7.99. The second-order valence-electron chi connectivity index (χ2n) is 6.85. The maximum Gasteiger partial charge on any atom is 0.303 e. The molecule has 0 aromatic heterocycles. The van der Waals surface area contributed by atoms with Crippen molar-refractivity contribution in [3.8, 4) is 5.75 Å². The lowest BCUT2D eigenvalue weighted by Crippen LogP contribution is -2.35. The summed E-state index contributed by atoms with van der Waals surface area (Å²) in [4.78, 5) is 22.6. The van der Waals surface area contributed by atoms with Gasteiger partial charge in [0.2, 0.25) is 0 Å². The maximum atomic E-state index is 12.1. The quantitative estimate of drug-likeness (QED) is 0.420. The Bertz CT molecular complexity index is 610. The molecule has 0 aliphatic heterocycles. The van der Waals surface area contributed by atoms with E-state index in [1.54, 1.807) is 23.9 Å². The van der Waals surface area contributed by atoms with E-state index in [1.165, 1.54) is 0 Å². The summed E-state index contributed by atoms with van der Waals surface area (Å²) in [7, 11) is 0. The van der Waals surface area contributed by atoms with E-state index in [-0.39, 0.29) is 31.8 Å². The molecule has 0 amide bonds. The Morgan fingerprint density at radius 1 is 1.21 bits per heavy atom. The molecule has 2 rings (SSSR count). The van der Waals surface area contributed by atoms with Crippen LogP contribution in [-0.2, 0) is 14.3 Å². The summed E-state index contributed by atoms with van der Waals surface area (Å²) in [6, 6.07) is 9.12. The van der Waals surface area contributed by atoms with Crippen molar-refractivity contribution in [2.75, 3.05) is 24.7 Å². The maximum absolute atomic E-state index is 12.1. The number of benzene rings is 1. The number of unbranched alkanes of at least 4 members (excludes halogenated alkanes) is 1. The van der Waals surface area contributed by atoms with E-state index in [2.05, 4.69) is 0 Å². The highest BCUT2D eigenvalue weighted by Gasteiger charge is 2.42. The first-order valence-corrected chi connectivity index (χ1v) is 10.6. The molecule has 1 saturated carbocycles. The van der Waals surface area contributed by atoms with Crippen LogP contribution in [0.5, 0.6) is 5.75 Å². The Morgan fingerprint density at radius 2 is 1.96 bits per heavy atom. The number of carbonyl (C=O) groups is 2. The average Bonchev–Trinajstić information content (AvgIpc) is 2.94. The smallest absolute Gasteiger partial charge is 0.303 e. The lowest BCUT2D eigenvalue weighted by molar-refractivity contribution is -0.137. The van der Waals surface area contributed by atoms with Crippen LogP contribution in [-0.4, -0.2) is 70.1 Å². The zero-order valence-corrected chi connectivity index (χ0v) is 16.6. The van der Waals surface area contributed by atoms with Crippen LogP contribution in [0.1, 0.15) is 25.7 Å². The molecule has 1 aliphatic rings. The van der Waals surface area contributed by atoms with Crippen molar-refractivity contribution in [3.63, 3.8) is 0 Å². The topological polar surface area (TPSA) is 113 Å². The first-order valence-electron chi connectivity index (χ1n) is 9.45. The molecule has 0 saturated heterocycles. The number of Topliss-reactive ketones (excluding diaryl/α,β-unsaturated/α-hetero) is 1. The fourth-order valence-electron chi connectivity index (χ4n) is 3.01. The molecule has 4 atom stereocenters. The van der Waals surface area contributed by atoms with Crippen molar-refractivity contribution in [1.29, 1.82) is 0 Å². The van der Waals surface area contributed by atoms with Crippen LogP contribution >= 0.6 is 11.8 Å². The van der Waals surface area contributed by atoms with Crippen molar-refractivity contribution in [2.45, 2.75) is 44.0 Å². The van der Waals surface area contributed by atoms with Gasteiger partial charge in [0.1, 0.15) is 24.2 Å². The van der Waals surface area contributed by atoms with E-state index < -0.39 is 30.2 Å². The zero-order chi connectivity index (χ0) is 20.4. The molecule has 0 heterocycles. The Morgan fingerprint density at radius 3 is 2.68 bits per heavy atom. The van der Waals surface area contributed by atoms with Crippen molar-refractivity contribution in [3.05, 3.63) is 30.3 Å². The number of ether oxygens (including phenoxy) is 2. The van der Waals surface area contributed by atoms with Gasteiger partial charge in [0.05, 0.1) is 24.7 Å². The standard InChI is InChI=1S/C20H28O7S/c21-14(11-26-15-6-2-1-3-7-15)12-27-20-16(17(22)10-18(20)23)13-28-9-5-4-8-19(24)25/h1-3,6-7,14,16,18,20-21,23H,4-5,8-13H2,(H,24,25). The fourth-order valence-corrected chi connectivity index (χ4v) is 4.21. The Kier molecular flexibility index (Phi) is 9.77. The monoisotopic (exact) mass is 412 g/mol. The predicted molar refractivity (Wildman–Crippen MR) is 106 cm³/mol. The van der Waals surface area contributed by atoms with Gasteiger partial charge in [-0.05, 0) is 30.7 Å². The van der Waals surface area contributed by atoms with Gasteiger partial charge in [-0.1, -0.05) is 18.2 Å². The lowest BCUT2D eigenvalue weighted by atomic mass is 10.1. The molecule has 0 spiro atoms. The van der Waals surface area contributed by atoms with Gasteiger partial charge in [-0.15, -0.1) is 0 Å². The molecule has 1 fully saturated rings. The molecule has 1 aliphatic carbocycles. The number of carboxylic acid groups (broad SMARTS) is 1. The van der Waals surface area contributed by atoms with Gasteiger partial charge in [-0.25, -0.2) is 0 Å². The van der Waals surface area contributed by atoms with Crippen LogP contribution in [0.3, 0.4) is 0 Å². The molecular formula is C20H28O7S. The van der Waals surface area contributed by atoms with Crippen LogP contribution in [0.2, 0.25) is 0 Å². The summed E-state index contributed by atoms with van der Waals surface area (Å²) in [5.41, 5.74) is 0. The Hall–Kier alpha value is -1.61. The summed E-state index contributed by atoms with van der Waals surface area (Å²) >= 11 is 1.56. The third kappa shape index (κ3) is 7.79. The molecule has 0 radical (unpaired) electrons. The van der Waals surface area contributed by atoms with E-state index in [9.17, 15) is 19.8 Å². The molecule has 156 valence electrons. The lowest BCUT2D eigenvalue weighted by Gasteiger charge is -2.23. The van der Waals surface area contributed by atoms with E-state index in [1.807, 2.05) is 18.2 Å². The number of hydrogen-bond acceptors (Lipinski definition) is 7. The minimum atomic E-state index is -0.868. The van der Waals surface area contributed by atoms with Gasteiger partial charge in [0.15, 0.2) is 0 Å². The normalized spacial score (nSPS) is 22.9. The minimum Gasteiger partial charge on any atom is -0.491 e. The van der Waals surface area contributed by atoms with Gasteiger partial charge in [-0.2, -0.15) is 11.8 Å². The number of aliphatic hydroxyl groups excluding tert-OH is 2. The van der Waals surface area contributed by atoms with Crippen LogP contribution in [0, 0.1) is 5.92 Å². The van der Waals surface area contributed by atoms with Gasteiger partial charge < -0.3 is 24.8 Å². The molecule has 7 nitrogen and oxygen atoms in total. The molecule has 3 N–H and O–H groups in total. The molecule has 0 bridgehead atoms. The van der Waals surface area contributed by atoms with E-state index in [4.69, 9.17) is 14.6 Å². The third-order valence-electron chi connectivity index (χ3n) is 4.49. The van der Waals surface area contributed by atoms with Crippen molar-refractivity contribution in [2.24, 2.45) is 5.92 Å². The number of ketones is 1. The second kappa shape index (κ2) is 12.1. The summed E-state index contributed by atoms with van der Waals surface area (Å²) in [5, 5.41) is 28.8. The highest BCUT2D eigenvalue weighted by Crippen LogP contribution is 2.29. The highest BCUT2D eigenvalue weighted by atomic mass is 32.2. The zero-order valence-electron chi connectivity index (χ0n) is 15.7. The summed E-state index contributed by atoms with van der Waals surface area (Å²) in [5.74, 6) is 0.668. The first-order chi connectivity index (χ1) is 13.5. The van der Waals surface area contributed by atoms with Crippen molar-refractivity contribution < 1.29 is 34.4 Å². The van der Waals surface area contributed by atoms with E-state index in [0.717, 1.165) is 12.2 Å². The number of carboxylic acids is 1. The third-order valence-corrected chi connectivity index (χ3v) is 5.67. The van der Waals surface area contributed by atoms with E-state index >= 15 is 0 Å². The van der Waals surface area contributed by atoms with Gasteiger partial charge >= 0.3 is 5.97 Å². The van der Waals surface area contributed by atoms with Crippen molar-refractivity contribution >= 4 is 23.5 Å². The number of aliphatic carboxylic acids is 1. The van der Waals surface area contributed by atoms with Gasteiger partial charge in [-0.3, -0.25) is 9.59 Å². The molecule has 1 aromatic carbocycles. The Labute approximate surface area is 169 Å². The largest absolute Gasteiger partial charge is 0.491 e. The number of rotatable bonds is 13. The summed E-state index contributed by atoms with van der Waals surface area (Å²) in [6.45, 7) is 0.0331. The van der Waals surface area contributed by atoms with Crippen LogP contribution in [0.15, 0.2) is 30.3 Å². The number of carbonyl (C=O) groups excluding carboxylic acids is 1. The van der Waals surface area contributed by atoms with Crippen LogP contribution < -0.4 is 4.74 Å². The van der Waals surface area contributed by atoms with Crippen LogP contribution in [0.4, 0.5) is 0 Å². The van der Waals surface area contributed by atoms with Gasteiger partial charge in [0.25, 0.3) is 0 Å². The molecule has 4 unspecified atom stereocenters. The number of para-hydroxylation sites is 1. The van der Waals surface area contributed by atoms with Crippen molar-refractivity contribution in [1.82, 2.24) is 0 Å². The number of aliphatic hydroxyl groups is 2. The fraction of sp³-hybridized carbons (Fsp3) is 0.600.